The van der Waals surface area contributed by atoms with Crippen molar-refractivity contribution in [3.8, 4) is 0 Å². The van der Waals surface area contributed by atoms with E-state index in [4.69, 9.17) is 4.74 Å². The normalized spacial score (nSPS) is 33.2. The molecule has 19 heavy (non-hydrogen) atoms. The summed E-state index contributed by atoms with van der Waals surface area (Å²) in [7, 11) is 0. The van der Waals surface area contributed by atoms with Gasteiger partial charge in [-0.1, -0.05) is 20.8 Å². The highest BCUT2D eigenvalue weighted by molar-refractivity contribution is 8.00. The number of ether oxygens (including phenoxy) is 1. The fraction of sp³-hybridized carbons (Fsp3) is 1.00. The Balaban J connectivity index is 1.91. The van der Waals surface area contributed by atoms with Gasteiger partial charge in [0.05, 0.1) is 5.60 Å². The second kappa shape index (κ2) is 7.58. The Kier molecular flexibility index (Phi) is 6.38. The van der Waals surface area contributed by atoms with Gasteiger partial charge < -0.3 is 10.1 Å². The number of hydrogen-bond acceptors (Lipinski definition) is 4. The summed E-state index contributed by atoms with van der Waals surface area (Å²) < 4.78 is 6.16. The fourth-order valence-electron chi connectivity index (χ4n) is 3.19. The molecule has 4 heteroatoms. The van der Waals surface area contributed by atoms with Gasteiger partial charge in [-0.3, -0.25) is 0 Å². The first-order valence-corrected chi connectivity index (χ1v) is 9.92. The average molecular weight is 304 g/mol. The van der Waals surface area contributed by atoms with Crippen LogP contribution in [0.15, 0.2) is 0 Å². The first kappa shape index (κ1) is 16.0. The van der Waals surface area contributed by atoms with Gasteiger partial charge in [-0.25, -0.2) is 0 Å². The molecule has 0 aliphatic carbocycles. The summed E-state index contributed by atoms with van der Waals surface area (Å²) in [5, 5.41) is 4.46. The van der Waals surface area contributed by atoms with Crippen LogP contribution in [-0.2, 0) is 4.74 Å². The largest absolute Gasteiger partial charge is 0.374 e. The van der Waals surface area contributed by atoms with Crippen LogP contribution in [0.4, 0.5) is 0 Å². The lowest BCUT2D eigenvalue weighted by atomic mass is 9.81. The van der Waals surface area contributed by atoms with E-state index in [1.165, 1.54) is 36.5 Å². The van der Waals surface area contributed by atoms with E-state index in [0.717, 1.165) is 24.3 Å². The van der Waals surface area contributed by atoms with Gasteiger partial charge in [0, 0.05) is 24.2 Å². The molecule has 2 heterocycles. The maximum absolute atomic E-state index is 6.16. The fourth-order valence-corrected chi connectivity index (χ4v) is 5.55. The van der Waals surface area contributed by atoms with Gasteiger partial charge in [-0.05, 0) is 42.7 Å². The Hall–Kier alpha value is 0.620. The van der Waals surface area contributed by atoms with Crippen LogP contribution in [0.25, 0.3) is 0 Å². The monoisotopic (exact) mass is 303 g/mol. The second-order valence-corrected chi connectivity index (χ2v) is 8.85. The van der Waals surface area contributed by atoms with E-state index in [0.29, 0.717) is 6.04 Å². The number of nitrogens with one attached hydrogen (secondary N) is 1. The lowest BCUT2D eigenvalue weighted by molar-refractivity contribution is -0.0837. The van der Waals surface area contributed by atoms with Crippen LogP contribution in [0.2, 0.25) is 0 Å². The van der Waals surface area contributed by atoms with E-state index in [9.17, 15) is 0 Å². The molecule has 0 saturated carbocycles. The van der Waals surface area contributed by atoms with Gasteiger partial charge in [0.15, 0.2) is 0 Å². The first-order chi connectivity index (χ1) is 9.15. The highest BCUT2D eigenvalue weighted by Gasteiger charge is 2.42. The average Bonchev–Trinajstić information content (AvgIpc) is 2.82. The molecule has 2 saturated heterocycles. The van der Waals surface area contributed by atoms with E-state index >= 15 is 0 Å². The van der Waals surface area contributed by atoms with Crippen molar-refractivity contribution in [2.45, 2.75) is 56.9 Å². The highest BCUT2D eigenvalue weighted by Crippen LogP contribution is 2.41. The van der Waals surface area contributed by atoms with Gasteiger partial charge in [0.2, 0.25) is 0 Å². The smallest absolute Gasteiger partial charge is 0.0783 e. The quantitative estimate of drug-likeness (QED) is 0.811. The van der Waals surface area contributed by atoms with Crippen molar-refractivity contribution in [2.24, 2.45) is 5.92 Å². The van der Waals surface area contributed by atoms with Gasteiger partial charge in [0.1, 0.15) is 0 Å². The molecule has 0 aromatic heterocycles. The molecule has 0 aromatic carbocycles. The molecular formula is C15H29NOS2. The van der Waals surface area contributed by atoms with E-state index in [2.05, 4.69) is 49.6 Å². The molecule has 0 radical (unpaired) electrons. The standard InChI is InChI=1S/C15H29NOS2/c1-4-16-14(10-19-12(2)3)13-5-7-17-15(9-13)6-8-18-11-15/h12-14,16H,4-11H2,1-3H3. The van der Waals surface area contributed by atoms with Crippen LogP contribution in [0.5, 0.6) is 0 Å². The SMILES string of the molecule is CCNC(CSC(C)C)C1CCOC2(CCSC2)C1. The second-order valence-electron chi connectivity index (χ2n) is 6.13. The van der Waals surface area contributed by atoms with Crippen molar-refractivity contribution in [1.29, 1.82) is 0 Å². The van der Waals surface area contributed by atoms with Gasteiger partial charge in [-0.15, -0.1) is 0 Å². The Morgan fingerprint density at radius 2 is 2.32 bits per heavy atom. The maximum atomic E-state index is 6.16. The molecule has 2 rings (SSSR count). The van der Waals surface area contributed by atoms with Crippen LogP contribution < -0.4 is 5.32 Å². The van der Waals surface area contributed by atoms with E-state index < -0.39 is 0 Å². The predicted octanol–water partition coefficient (Wildman–Crippen LogP) is 3.41. The molecule has 1 spiro atoms. The zero-order valence-corrected chi connectivity index (χ0v) is 14.2. The van der Waals surface area contributed by atoms with Crippen molar-refractivity contribution < 1.29 is 4.74 Å². The molecule has 2 aliphatic heterocycles. The van der Waals surface area contributed by atoms with Crippen molar-refractivity contribution in [3.05, 3.63) is 0 Å². The third kappa shape index (κ3) is 4.55. The summed E-state index contributed by atoms with van der Waals surface area (Å²) in [4.78, 5) is 0. The molecule has 2 fully saturated rings. The van der Waals surface area contributed by atoms with Crippen LogP contribution in [0, 0.1) is 5.92 Å². The van der Waals surface area contributed by atoms with Crippen LogP contribution in [-0.4, -0.2) is 47.3 Å². The topological polar surface area (TPSA) is 21.3 Å². The highest BCUT2D eigenvalue weighted by atomic mass is 32.2. The minimum Gasteiger partial charge on any atom is -0.374 e. The number of rotatable bonds is 6. The van der Waals surface area contributed by atoms with Gasteiger partial charge in [-0.2, -0.15) is 23.5 Å². The maximum Gasteiger partial charge on any atom is 0.0783 e. The molecule has 2 aliphatic rings. The minimum atomic E-state index is 0.226. The van der Waals surface area contributed by atoms with Crippen molar-refractivity contribution in [2.75, 3.05) is 30.4 Å². The Labute approximate surface area is 127 Å². The van der Waals surface area contributed by atoms with Crippen LogP contribution >= 0.6 is 23.5 Å². The third-order valence-electron chi connectivity index (χ3n) is 4.24. The van der Waals surface area contributed by atoms with E-state index in [1.807, 2.05) is 0 Å². The zero-order chi connectivity index (χ0) is 13.7. The zero-order valence-electron chi connectivity index (χ0n) is 12.6. The van der Waals surface area contributed by atoms with Crippen molar-refractivity contribution >= 4 is 23.5 Å². The minimum absolute atomic E-state index is 0.226. The lowest BCUT2D eigenvalue weighted by Gasteiger charge is -2.41. The molecule has 0 amide bonds. The summed E-state index contributed by atoms with van der Waals surface area (Å²) in [5.74, 6) is 4.57. The molecule has 112 valence electrons. The molecular weight excluding hydrogens is 274 g/mol. The van der Waals surface area contributed by atoms with Crippen LogP contribution in [0.3, 0.4) is 0 Å². The molecule has 3 atom stereocenters. The Bertz CT molecular complexity index is 267. The van der Waals surface area contributed by atoms with E-state index in [1.54, 1.807) is 0 Å². The number of hydrogen-bond donors (Lipinski definition) is 1. The predicted molar refractivity (Wildman–Crippen MR) is 88.4 cm³/mol. The molecule has 1 N–H and O–H groups in total. The molecule has 2 nitrogen and oxygen atoms in total. The summed E-state index contributed by atoms with van der Waals surface area (Å²) in [5.41, 5.74) is 0.226. The summed E-state index contributed by atoms with van der Waals surface area (Å²) in [6.07, 6.45) is 3.78. The summed E-state index contributed by atoms with van der Waals surface area (Å²) >= 11 is 4.17. The van der Waals surface area contributed by atoms with E-state index in [-0.39, 0.29) is 5.60 Å². The van der Waals surface area contributed by atoms with Gasteiger partial charge >= 0.3 is 0 Å². The Morgan fingerprint density at radius 1 is 1.47 bits per heavy atom. The molecule has 0 bridgehead atoms. The molecule has 0 aromatic rings. The number of thioether (sulfide) groups is 2. The van der Waals surface area contributed by atoms with Crippen molar-refractivity contribution in [1.82, 2.24) is 5.32 Å². The van der Waals surface area contributed by atoms with Crippen LogP contribution in [0.1, 0.15) is 40.0 Å². The summed E-state index contributed by atoms with van der Waals surface area (Å²) in [6.45, 7) is 8.88. The first-order valence-electron chi connectivity index (χ1n) is 7.72. The lowest BCUT2D eigenvalue weighted by Crippen LogP contribution is -2.48. The van der Waals surface area contributed by atoms with Crippen molar-refractivity contribution in [3.63, 3.8) is 0 Å². The molecule has 3 unspecified atom stereocenters. The van der Waals surface area contributed by atoms with Gasteiger partial charge in [0.25, 0.3) is 0 Å². The summed E-state index contributed by atoms with van der Waals surface area (Å²) in [6, 6.07) is 0.670. The third-order valence-corrected chi connectivity index (χ3v) is 6.68. The Morgan fingerprint density at radius 3 is 2.95 bits per heavy atom.